The van der Waals surface area contributed by atoms with Gasteiger partial charge in [0.25, 0.3) is 5.91 Å². The molecule has 0 aliphatic carbocycles. The van der Waals surface area contributed by atoms with Crippen molar-refractivity contribution in [3.63, 3.8) is 0 Å². The number of nitrogens with zero attached hydrogens (tertiary/aromatic N) is 1. The van der Waals surface area contributed by atoms with Crippen LogP contribution in [0.1, 0.15) is 34.3 Å². The van der Waals surface area contributed by atoms with Gasteiger partial charge in [0.1, 0.15) is 10.9 Å². The number of aryl methyl sites for hydroxylation is 2. The maximum absolute atomic E-state index is 12.7. The lowest BCUT2D eigenvalue weighted by Gasteiger charge is -2.12. The number of pyridine rings is 1. The van der Waals surface area contributed by atoms with Gasteiger partial charge in [-0.1, -0.05) is 23.2 Å². The van der Waals surface area contributed by atoms with E-state index < -0.39 is 0 Å². The molecule has 0 saturated carbocycles. The fraction of sp³-hybridized carbons (Fsp3) is 0.238. The topological polar surface area (TPSA) is 55.1 Å². The van der Waals surface area contributed by atoms with E-state index in [9.17, 15) is 4.79 Å². The molecular weight excluding hydrogens is 380 g/mol. The zero-order valence-electron chi connectivity index (χ0n) is 15.1. The molecule has 4 aromatic rings. The van der Waals surface area contributed by atoms with Crippen LogP contribution in [0.5, 0.6) is 0 Å². The van der Waals surface area contributed by atoms with Gasteiger partial charge in [0, 0.05) is 27.9 Å². The summed E-state index contributed by atoms with van der Waals surface area (Å²) < 4.78 is 6.35. The van der Waals surface area contributed by atoms with Crippen LogP contribution in [-0.4, -0.2) is 16.9 Å². The lowest BCUT2D eigenvalue weighted by molar-refractivity contribution is 0.0942. The molecule has 4 nitrogen and oxygen atoms in total. The van der Waals surface area contributed by atoms with Gasteiger partial charge in [-0.25, -0.2) is 4.98 Å². The Kier molecular flexibility index (Phi) is 4.89. The van der Waals surface area contributed by atoms with E-state index in [2.05, 4.69) is 16.4 Å². The molecule has 0 aliphatic rings. The molecule has 0 aliphatic heterocycles. The van der Waals surface area contributed by atoms with E-state index >= 15 is 0 Å². The van der Waals surface area contributed by atoms with E-state index in [1.807, 2.05) is 44.2 Å². The molecule has 1 amide bonds. The highest BCUT2D eigenvalue weighted by Crippen LogP contribution is 2.36. The summed E-state index contributed by atoms with van der Waals surface area (Å²) >= 11 is 7.82. The van der Waals surface area contributed by atoms with Crippen molar-refractivity contribution in [2.24, 2.45) is 0 Å². The largest absolute Gasteiger partial charge is 0.469 e. The first-order chi connectivity index (χ1) is 13.0. The van der Waals surface area contributed by atoms with Crippen molar-refractivity contribution in [3.8, 4) is 0 Å². The first kappa shape index (κ1) is 18.0. The normalized spacial score (nSPS) is 12.6. The lowest BCUT2D eigenvalue weighted by atomic mass is 10.1. The molecule has 3 heterocycles. The Hall–Kier alpha value is -2.37. The minimum Gasteiger partial charge on any atom is -0.469 e. The van der Waals surface area contributed by atoms with Gasteiger partial charge in [-0.15, -0.1) is 11.3 Å². The number of nitrogens with one attached hydrogen (secondary N) is 1. The maximum atomic E-state index is 12.7. The van der Waals surface area contributed by atoms with E-state index in [0.29, 0.717) is 10.0 Å². The van der Waals surface area contributed by atoms with Crippen LogP contribution in [0.2, 0.25) is 5.15 Å². The Balaban J connectivity index is 1.57. The molecule has 138 valence electrons. The van der Waals surface area contributed by atoms with Gasteiger partial charge >= 0.3 is 0 Å². The minimum absolute atomic E-state index is 0.0420. The van der Waals surface area contributed by atoms with Crippen LogP contribution in [0.4, 0.5) is 0 Å². The first-order valence-corrected chi connectivity index (χ1v) is 10.0. The molecule has 0 unspecified atom stereocenters. The Labute approximate surface area is 166 Å². The Morgan fingerprint density at radius 1 is 1.30 bits per heavy atom. The third-order valence-corrected chi connectivity index (χ3v) is 6.03. The first-order valence-electron chi connectivity index (χ1n) is 8.84. The monoisotopic (exact) mass is 398 g/mol. The highest BCUT2D eigenvalue weighted by molar-refractivity contribution is 7.21. The van der Waals surface area contributed by atoms with Crippen molar-refractivity contribution in [2.75, 3.05) is 0 Å². The third-order valence-electron chi connectivity index (χ3n) is 4.57. The summed E-state index contributed by atoms with van der Waals surface area (Å²) in [7, 11) is 0. The van der Waals surface area contributed by atoms with E-state index in [1.54, 1.807) is 6.26 Å². The van der Waals surface area contributed by atoms with Crippen molar-refractivity contribution in [1.29, 1.82) is 0 Å². The summed E-state index contributed by atoms with van der Waals surface area (Å²) in [6.45, 7) is 4.04. The standard InChI is InChI=1S/C21H19ClN2O2S/c1-12-5-8-17-15(10-12)19-16(20(22)24-17)11-18(27-19)21(25)23-13(2)6-7-14-4-3-9-26-14/h3-5,8-11,13H,6-7H2,1-2H3,(H,23,25)/t13-/m0/s1. The number of hydrogen-bond donors (Lipinski definition) is 1. The number of halogens is 1. The number of benzene rings is 1. The SMILES string of the molecule is Cc1ccc2nc(Cl)c3cc(C(=O)N[C@@H](C)CCc4ccco4)sc3c2c1. The van der Waals surface area contributed by atoms with Gasteiger partial charge in [0.05, 0.1) is 16.7 Å². The number of hydrogen-bond acceptors (Lipinski definition) is 4. The molecular formula is C21H19ClN2O2S. The second-order valence-electron chi connectivity index (χ2n) is 6.77. The number of amides is 1. The van der Waals surface area contributed by atoms with Crippen molar-refractivity contribution in [3.05, 3.63) is 64.0 Å². The zero-order valence-corrected chi connectivity index (χ0v) is 16.7. The number of carbonyl (C=O) groups is 1. The number of rotatable bonds is 5. The molecule has 0 radical (unpaired) electrons. The summed E-state index contributed by atoms with van der Waals surface area (Å²) in [5.41, 5.74) is 2.00. The van der Waals surface area contributed by atoms with Crippen LogP contribution in [0, 0.1) is 6.92 Å². The maximum Gasteiger partial charge on any atom is 0.261 e. The third kappa shape index (κ3) is 3.70. The van der Waals surface area contributed by atoms with Gasteiger partial charge in [0.15, 0.2) is 0 Å². The molecule has 0 bridgehead atoms. The predicted molar refractivity (Wildman–Crippen MR) is 111 cm³/mol. The van der Waals surface area contributed by atoms with Crippen LogP contribution >= 0.6 is 22.9 Å². The van der Waals surface area contributed by atoms with E-state index in [4.69, 9.17) is 16.0 Å². The molecule has 27 heavy (non-hydrogen) atoms. The van der Waals surface area contributed by atoms with E-state index in [1.165, 1.54) is 11.3 Å². The fourth-order valence-electron chi connectivity index (χ4n) is 3.13. The molecule has 0 fully saturated rings. The van der Waals surface area contributed by atoms with Crippen molar-refractivity contribution in [1.82, 2.24) is 10.3 Å². The van der Waals surface area contributed by atoms with Gasteiger partial charge in [-0.05, 0) is 50.6 Å². The highest BCUT2D eigenvalue weighted by atomic mass is 35.5. The quantitative estimate of drug-likeness (QED) is 0.435. The van der Waals surface area contributed by atoms with Crippen LogP contribution in [0.3, 0.4) is 0 Å². The predicted octanol–water partition coefficient (Wildman–Crippen LogP) is 5.76. The summed E-state index contributed by atoms with van der Waals surface area (Å²) in [5, 5.41) is 5.36. The smallest absolute Gasteiger partial charge is 0.261 e. The van der Waals surface area contributed by atoms with Crippen LogP contribution < -0.4 is 5.32 Å². The van der Waals surface area contributed by atoms with Crippen LogP contribution in [-0.2, 0) is 6.42 Å². The molecule has 1 N–H and O–H groups in total. The summed E-state index contributed by atoms with van der Waals surface area (Å²) in [6.07, 6.45) is 3.27. The van der Waals surface area contributed by atoms with Crippen LogP contribution in [0.15, 0.2) is 47.1 Å². The van der Waals surface area contributed by atoms with E-state index in [-0.39, 0.29) is 11.9 Å². The van der Waals surface area contributed by atoms with E-state index in [0.717, 1.165) is 45.2 Å². The van der Waals surface area contributed by atoms with Crippen molar-refractivity contribution >= 4 is 49.8 Å². The summed E-state index contributed by atoms with van der Waals surface area (Å²) in [5.74, 6) is 0.845. The zero-order chi connectivity index (χ0) is 19.0. The van der Waals surface area contributed by atoms with Crippen molar-refractivity contribution < 1.29 is 9.21 Å². The Morgan fingerprint density at radius 2 is 2.15 bits per heavy atom. The molecule has 3 aromatic heterocycles. The molecule has 6 heteroatoms. The molecule has 1 atom stereocenters. The average Bonchev–Trinajstić information content (AvgIpc) is 3.31. The number of furan rings is 1. The van der Waals surface area contributed by atoms with Crippen LogP contribution in [0.25, 0.3) is 21.0 Å². The minimum atomic E-state index is -0.0833. The van der Waals surface area contributed by atoms with Gasteiger partial charge in [0.2, 0.25) is 0 Å². The van der Waals surface area contributed by atoms with Gasteiger partial charge < -0.3 is 9.73 Å². The number of aromatic nitrogens is 1. The van der Waals surface area contributed by atoms with Gasteiger partial charge in [-0.2, -0.15) is 0 Å². The number of carbonyl (C=O) groups excluding carboxylic acids is 1. The molecule has 1 aromatic carbocycles. The molecule has 4 rings (SSSR count). The highest BCUT2D eigenvalue weighted by Gasteiger charge is 2.17. The lowest BCUT2D eigenvalue weighted by Crippen LogP contribution is -2.32. The number of fused-ring (bicyclic) bond motifs is 3. The molecule has 0 spiro atoms. The Morgan fingerprint density at radius 3 is 2.93 bits per heavy atom. The number of thiophene rings is 1. The second-order valence-corrected chi connectivity index (χ2v) is 8.18. The molecule has 0 saturated heterocycles. The van der Waals surface area contributed by atoms with Gasteiger partial charge in [-0.3, -0.25) is 4.79 Å². The fourth-order valence-corrected chi connectivity index (χ4v) is 4.52. The second kappa shape index (κ2) is 7.33. The summed E-state index contributed by atoms with van der Waals surface area (Å²) in [4.78, 5) is 17.8. The average molecular weight is 399 g/mol. The Bertz CT molecular complexity index is 1120. The summed E-state index contributed by atoms with van der Waals surface area (Å²) in [6, 6.07) is 11.8. The van der Waals surface area contributed by atoms with Crippen molar-refractivity contribution in [2.45, 2.75) is 32.7 Å².